The Morgan fingerprint density at radius 3 is 2.50 bits per heavy atom. The van der Waals surface area contributed by atoms with Gasteiger partial charge in [-0.05, 0) is 33.4 Å². The number of hydrogen-bond acceptors (Lipinski definition) is 3. The second kappa shape index (κ2) is 9.44. The molecular weight excluding hydrogens is 176 g/mol. The zero-order valence-corrected chi connectivity index (χ0v) is 10.2. The number of likely N-dealkylation sites (N-methyl/N-ethyl adjacent to an activating group) is 1. The summed E-state index contributed by atoms with van der Waals surface area (Å²) in [5.74, 6) is 0. The van der Waals surface area contributed by atoms with Crippen LogP contribution < -0.4 is 5.32 Å². The smallest absolute Gasteiger partial charge is 0.0474 e. The molecule has 0 aromatic heterocycles. The largest absolute Gasteiger partial charge is 0.385 e. The van der Waals surface area contributed by atoms with Gasteiger partial charge >= 0.3 is 0 Å². The zero-order valence-electron chi connectivity index (χ0n) is 10.2. The SMILES string of the molecule is CCN(CCNCCCOC)C(C)C. The lowest BCUT2D eigenvalue weighted by Gasteiger charge is -2.24. The summed E-state index contributed by atoms with van der Waals surface area (Å²) in [6, 6.07) is 0.653. The number of ether oxygens (including phenoxy) is 1. The molecule has 1 N–H and O–H groups in total. The Labute approximate surface area is 88.8 Å². The standard InChI is InChI=1S/C11H26N2O/c1-5-13(11(2)3)9-8-12-7-6-10-14-4/h11-12H,5-10H2,1-4H3. The van der Waals surface area contributed by atoms with E-state index in [2.05, 4.69) is 31.0 Å². The average molecular weight is 202 g/mol. The maximum absolute atomic E-state index is 4.98. The Morgan fingerprint density at radius 1 is 1.29 bits per heavy atom. The number of nitrogens with zero attached hydrogens (tertiary/aromatic N) is 1. The van der Waals surface area contributed by atoms with E-state index in [0.717, 1.165) is 39.2 Å². The van der Waals surface area contributed by atoms with Crippen LogP contribution in [-0.2, 0) is 4.74 Å². The molecule has 0 bridgehead atoms. The molecule has 0 heterocycles. The highest BCUT2D eigenvalue weighted by molar-refractivity contribution is 4.62. The topological polar surface area (TPSA) is 24.5 Å². The normalized spacial score (nSPS) is 11.6. The second-order valence-corrected chi connectivity index (χ2v) is 3.82. The van der Waals surface area contributed by atoms with Gasteiger partial charge in [-0.1, -0.05) is 6.92 Å². The van der Waals surface area contributed by atoms with E-state index in [-0.39, 0.29) is 0 Å². The van der Waals surface area contributed by atoms with E-state index >= 15 is 0 Å². The van der Waals surface area contributed by atoms with E-state index < -0.39 is 0 Å². The van der Waals surface area contributed by atoms with Crippen LogP contribution in [0, 0.1) is 0 Å². The van der Waals surface area contributed by atoms with Crippen molar-refractivity contribution in [3.63, 3.8) is 0 Å². The Balaban J connectivity index is 3.25. The molecule has 0 aliphatic heterocycles. The molecule has 0 aliphatic carbocycles. The van der Waals surface area contributed by atoms with Crippen LogP contribution in [0.25, 0.3) is 0 Å². The fourth-order valence-electron chi connectivity index (χ4n) is 1.47. The molecule has 0 amide bonds. The Kier molecular flexibility index (Phi) is 9.35. The maximum atomic E-state index is 4.98. The number of hydrogen-bond donors (Lipinski definition) is 1. The Morgan fingerprint density at radius 2 is 2.00 bits per heavy atom. The van der Waals surface area contributed by atoms with Crippen LogP contribution in [-0.4, -0.2) is 50.8 Å². The lowest BCUT2D eigenvalue weighted by molar-refractivity contribution is 0.192. The van der Waals surface area contributed by atoms with Crippen molar-refractivity contribution < 1.29 is 4.74 Å². The number of methoxy groups -OCH3 is 1. The molecule has 0 rings (SSSR count). The van der Waals surface area contributed by atoms with Crippen molar-refractivity contribution in [3.05, 3.63) is 0 Å². The predicted molar refractivity (Wildman–Crippen MR) is 61.7 cm³/mol. The van der Waals surface area contributed by atoms with Crippen LogP contribution in [0.4, 0.5) is 0 Å². The highest BCUT2D eigenvalue weighted by atomic mass is 16.5. The molecule has 0 saturated heterocycles. The number of rotatable bonds is 9. The van der Waals surface area contributed by atoms with Gasteiger partial charge in [-0.3, -0.25) is 4.90 Å². The van der Waals surface area contributed by atoms with E-state index in [9.17, 15) is 0 Å². The fourth-order valence-corrected chi connectivity index (χ4v) is 1.47. The van der Waals surface area contributed by atoms with Gasteiger partial charge in [0, 0.05) is 32.8 Å². The minimum atomic E-state index is 0.653. The van der Waals surface area contributed by atoms with Crippen LogP contribution >= 0.6 is 0 Å². The summed E-state index contributed by atoms with van der Waals surface area (Å²) in [5, 5.41) is 3.42. The molecule has 0 saturated carbocycles. The van der Waals surface area contributed by atoms with Gasteiger partial charge in [0.2, 0.25) is 0 Å². The lowest BCUT2D eigenvalue weighted by Crippen LogP contribution is -2.37. The molecule has 0 aromatic rings. The third kappa shape index (κ3) is 7.30. The average Bonchev–Trinajstić information content (AvgIpc) is 2.16. The molecule has 0 radical (unpaired) electrons. The molecule has 0 atom stereocenters. The van der Waals surface area contributed by atoms with Crippen molar-refractivity contribution in [1.29, 1.82) is 0 Å². The zero-order chi connectivity index (χ0) is 10.8. The summed E-state index contributed by atoms with van der Waals surface area (Å²) in [6.45, 7) is 12.0. The van der Waals surface area contributed by atoms with Gasteiger partial charge < -0.3 is 10.1 Å². The van der Waals surface area contributed by atoms with Gasteiger partial charge in [0.05, 0.1) is 0 Å². The van der Waals surface area contributed by atoms with E-state index in [0.29, 0.717) is 6.04 Å². The van der Waals surface area contributed by atoms with Gasteiger partial charge in [0.1, 0.15) is 0 Å². The number of nitrogens with one attached hydrogen (secondary N) is 1. The molecule has 0 aliphatic rings. The van der Waals surface area contributed by atoms with Gasteiger partial charge in [-0.2, -0.15) is 0 Å². The van der Waals surface area contributed by atoms with Crippen LogP contribution in [0.5, 0.6) is 0 Å². The summed E-state index contributed by atoms with van der Waals surface area (Å²) in [7, 11) is 1.75. The highest BCUT2D eigenvalue weighted by Gasteiger charge is 2.04. The Bertz CT molecular complexity index is 118. The van der Waals surface area contributed by atoms with Gasteiger partial charge in [0.15, 0.2) is 0 Å². The summed E-state index contributed by atoms with van der Waals surface area (Å²) in [6.07, 6.45) is 1.10. The van der Waals surface area contributed by atoms with Crippen molar-refractivity contribution in [2.45, 2.75) is 33.2 Å². The van der Waals surface area contributed by atoms with E-state index in [1.165, 1.54) is 0 Å². The quantitative estimate of drug-likeness (QED) is 0.571. The first kappa shape index (κ1) is 13.9. The first-order valence-corrected chi connectivity index (χ1v) is 5.66. The van der Waals surface area contributed by atoms with Crippen LogP contribution in [0.1, 0.15) is 27.2 Å². The third-order valence-corrected chi connectivity index (χ3v) is 2.41. The summed E-state index contributed by atoms with van der Waals surface area (Å²) in [4.78, 5) is 2.46. The van der Waals surface area contributed by atoms with E-state index in [1.54, 1.807) is 7.11 Å². The molecule has 14 heavy (non-hydrogen) atoms. The van der Waals surface area contributed by atoms with Crippen LogP contribution in [0.3, 0.4) is 0 Å². The lowest BCUT2D eigenvalue weighted by atomic mass is 10.3. The maximum Gasteiger partial charge on any atom is 0.0474 e. The van der Waals surface area contributed by atoms with Crippen molar-refractivity contribution in [2.75, 3.05) is 39.9 Å². The van der Waals surface area contributed by atoms with Gasteiger partial charge in [0.25, 0.3) is 0 Å². The monoisotopic (exact) mass is 202 g/mol. The minimum absolute atomic E-state index is 0.653. The van der Waals surface area contributed by atoms with Crippen LogP contribution in [0.15, 0.2) is 0 Å². The fraction of sp³-hybridized carbons (Fsp3) is 1.00. The Hall–Kier alpha value is -0.120. The molecule has 0 unspecified atom stereocenters. The molecular formula is C11H26N2O. The first-order chi connectivity index (χ1) is 6.72. The summed E-state index contributed by atoms with van der Waals surface area (Å²) >= 11 is 0. The van der Waals surface area contributed by atoms with Gasteiger partial charge in [-0.25, -0.2) is 0 Å². The molecule has 86 valence electrons. The third-order valence-electron chi connectivity index (χ3n) is 2.41. The minimum Gasteiger partial charge on any atom is -0.385 e. The second-order valence-electron chi connectivity index (χ2n) is 3.82. The molecule has 0 spiro atoms. The van der Waals surface area contributed by atoms with E-state index in [1.807, 2.05) is 0 Å². The van der Waals surface area contributed by atoms with Crippen molar-refractivity contribution in [2.24, 2.45) is 0 Å². The summed E-state index contributed by atoms with van der Waals surface area (Å²) in [5.41, 5.74) is 0. The first-order valence-electron chi connectivity index (χ1n) is 5.66. The van der Waals surface area contributed by atoms with Crippen molar-refractivity contribution >= 4 is 0 Å². The molecule has 0 fully saturated rings. The van der Waals surface area contributed by atoms with Crippen molar-refractivity contribution in [3.8, 4) is 0 Å². The van der Waals surface area contributed by atoms with E-state index in [4.69, 9.17) is 4.74 Å². The van der Waals surface area contributed by atoms with Crippen molar-refractivity contribution in [1.82, 2.24) is 10.2 Å². The molecule has 3 nitrogen and oxygen atoms in total. The summed E-state index contributed by atoms with van der Waals surface area (Å²) < 4.78 is 4.98. The molecule has 3 heteroatoms. The predicted octanol–water partition coefficient (Wildman–Crippen LogP) is 1.34. The van der Waals surface area contributed by atoms with Crippen LogP contribution in [0.2, 0.25) is 0 Å². The highest BCUT2D eigenvalue weighted by Crippen LogP contribution is 1.95. The molecule has 0 aromatic carbocycles. The van der Waals surface area contributed by atoms with Gasteiger partial charge in [-0.15, -0.1) is 0 Å².